The molecule has 2 N–H and O–H groups in total. The zero-order chi connectivity index (χ0) is 18.1. The first kappa shape index (κ1) is 15.4. The summed E-state index contributed by atoms with van der Waals surface area (Å²) in [5.74, 6) is 0.464. The molecule has 5 nitrogen and oxygen atoms in total. The van der Waals surface area contributed by atoms with Crippen LogP contribution in [0.1, 0.15) is 27.0 Å². The summed E-state index contributed by atoms with van der Waals surface area (Å²) in [6.45, 7) is 0. The molecule has 26 heavy (non-hydrogen) atoms. The van der Waals surface area contributed by atoms with E-state index in [4.69, 9.17) is 9.47 Å². The molecule has 0 saturated heterocycles. The Morgan fingerprint density at radius 2 is 1.46 bits per heavy atom. The fourth-order valence-electron chi connectivity index (χ4n) is 3.77. The number of rotatable bonds is 0. The van der Waals surface area contributed by atoms with Gasteiger partial charge in [-0.25, -0.2) is 0 Å². The fraction of sp³-hybridized carbons (Fsp3) is 0.0500. The summed E-state index contributed by atoms with van der Waals surface area (Å²) < 4.78 is 12.8. The standard InChI is InChI=1S/C20H13AsO5/c21-15-3-1-2-14-18(15)19(24)26-20(14)12-6-4-10(22)8-16(12)25-17-9-11(23)5-7-13(17)20/h1-9,22-23H,21H2. The molecular formula is C20H13AsO5. The molecule has 3 aromatic carbocycles. The fourth-order valence-corrected chi connectivity index (χ4v) is 4.58. The van der Waals surface area contributed by atoms with Gasteiger partial charge in [0.2, 0.25) is 0 Å². The molecule has 1 atom stereocenters. The summed E-state index contributed by atoms with van der Waals surface area (Å²) in [6.07, 6.45) is 0. The van der Waals surface area contributed by atoms with Crippen LogP contribution in [0.3, 0.4) is 0 Å². The van der Waals surface area contributed by atoms with Crippen molar-refractivity contribution in [2.75, 3.05) is 0 Å². The van der Waals surface area contributed by atoms with Crippen LogP contribution in [0, 0.1) is 0 Å². The third-order valence-corrected chi connectivity index (χ3v) is 5.84. The van der Waals surface area contributed by atoms with Crippen molar-refractivity contribution in [3.05, 3.63) is 76.9 Å². The Kier molecular flexibility index (Phi) is 2.98. The second-order valence-corrected chi connectivity index (χ2v) is 7.61. The molecule has 0 amide bonds. The van der Waals surface area contributed by atoms with Gasteiger partial charge in [-0.1, -0.05) is 0 Å². The Hall–Kier alpha value is -2.91. The molecule has 2 heterocycles. The first-order valence-electron chi connectivity index (χ1n) is 7.98. The van der Waals surface area contributed by atoms with Crippen molar-refractivity contribution >= 4 is 27.2 Å². The molecule has 0 aliphatic carbocycles. The van der Waals surface area contributed by atoms with Gasteiger partial charge in [0.1, 0.15) is 0 Å². The van der Waals surface area contributed by atoms with Crippen molar-refractivity contribution < 1.29 is 24.5 Å². The summed E-state index contributed by atoms with van der Waals surface area (Å²) in [7, 11) is 0. The van der Waals surface area contributed by atoms with Crippen LogP contribution in [0.5, 0.6) is 23.0 Å². The van der Waals surface area contributed by atoms with Crippen molar-refractivity contribution in [3.63, 3.8) is 0 Å². The summed E-state index contributed by atoms with van der Waals surface area (Å²) in [5, 5.41) is 19.8. The van der Waals surface area contributed by atoms with Crippen LogP contribution in [0.4, 0.5) is 0 Å². The van der Waals surface area contributed by atoms with Crippen LogP contribution in [0.15, 0.2) is 54.6 Å². The van der Waals surface area contributed by atoms with E-state index in [9.17, 15) is 15.0 Å². The second kappa shape index (κ2) is 5.05. The molecule has 3 aromatic rings. The first-order valence-corrected chi connectivity index (χ1v) is 9.19. The second-order valence-electron chi connectivity index (χ2n) is 6.30. The van der Waals surface area contributed by atoms with Crippen LogP contribution in [-0.4, -0.2) is 33.0 Å². The molecule has 128 valence electrons. The first-order chi connectivity index (χ1) is 12.5. The normalized spacial score (nSPS) is 15.7. The summed E-state index contributed by atoms with van der Waals surface area (Å²) in [5.41, 5.74) is 1.41. The number of carbonyl (C=O) groups excluding carboxylic acids is 1. The summed E-state index contributed by atoms with van der Waals surface area (Å²) in [4.78, 5) is 12.8. The minimum atomic E-state index is -1.17. The van der Waals surface area contributed by atoms with Gasteiger partial charge in [0.25, 0.3) is 0 Å². The molecule has 2 aliphatic rings. The van der Waals surface area contributed by atoms with E-state index in [0.29, 0.717) is 28.2 Å². The minimum absolute atomic E-state index is 0.0413. The molecule has 1 unspecified atom stereocenters. The molecular weight excluding hydrogens is 395 g/mol. The molecule has 0 saturated carbocycles. The van der Waals surface area contributed by atoms with Crippen molar-refractivity contribution in [1.29, 1.82) is 0 Å². The Balaban J connectivity index is 1.92. The van der Waals surface area contributed by atoms with Crippen molar-refractivity contribution in [2.45, 2.75) is 5.60 Å². The molecule has 1 spiro atoms. The third-order valence-electron chi connectivity index (χ3n) is 4.83. The summed E-state index contributed by atoms with van der Waals surface area (Å²) in [6, 6.07) is 15.1. The van der Waals surface area contributed by atoms with Gasteiger partial charge in [0.15, 0.2) is 0 Å². The van der Waals surface area contributed by atoms with Gasteiger partial charge >= 0.3 is 157 Å². The molecule has 6 heteroatoms. The Labute approximate surface area is 157 Å². The number of ether oxygens (including phenoxy) is 2. The van der Waals surface area contributed by atoms with Gasteiger partial charge in [-0.3, -0.25) is 0 Å². The molecule has 0 aromatic heterocycles. The van der Waals surface area contributed by atoms with E-state index in [1.165, 1.54) is 29.0 Å². The third kappa shape index (κ3) is 1.84. The number of carbonyl (C=O) groups is 1. The molecule has 0 radical (unpaired) electrons. The number of esters is 1. The van der Waals surface area contributed by atoms with Gasteiger partial charge in [-0.2, -0.15) is 0 Å². The maximum atomic E-state index is 12.8. The Morgan fingerprint density at radius 3 is 2.08 bits per heavy atom. The maximum absolute atomic E-state index is 12.8. The van der Waals surface area contributed by atoms with Gasteiger partial charge in [-0.05, 0) is 0 Å². The number of hydrogen-bond donors (Lipinski definition) is 2. The predicted molar refractivity (Wildman–Crippen MR) is 96.2 cm³/mol. The van der Waals surface area contributed by atoms with Crippen LogP contribution < -0.4 is 9.09 Å². The average Bonchev–Trinajstić information content (AvgIpc) is 2.89. The zero-order valence-corrected chi connectivity index (χ0v) is 15.8. The molecule has 0 bridgehead atoms. The van der Waals surface area contributed by atoms with Crippen LogP contribution in [0.2, 0.25) is 0 Å². The van der Waals surface area contributed by atoms with Gasteiger partial charge in [0, 0.05) is 0 Å². The van der Waals surface area contributed by atoms with Crippen LogP contribution >= 0.6 is 0 Å². The number of phenolic OH excluding ortho intramolecular Hbond substituents is 2. The number of fused-ring (bicyclic) bond motifs is 6. The monoisotopic (exact) mass is 408 g/mol. The average molecular weight is 408 g/mol. The topological polar surface area (TPSA) is 76.0 Å². The number of hydrogen-bond acceptors (Lipinski definition) is 5. The van der Waals surface area contributed by atoms with E-state index in [0.717, 1.165) is 9.91 Å². The Bertz CT molecular complexity index is 1050. The van der Waals surface area contributed by atoms with E-state index in [2.05, 4.69) is 0 Å². The number of benzene rings is 3. The van der Waals surface area contributed by atoms with Crippen molar-refractivity contribution in [3.8, 4) is 23.0 Å². The quantitative estimate of drug-likeness (QED) is 0.439. The number of phenols is 2. The van der Waals surface area contributed by atoms with Crippen LogP contribution in [-0.2, 0) is 10.3 Å². The predicted octanol–water partition coefficient (Wildman–Crippen LogP) is 1.92. The number of aromatic hydroxyl groups is 2. The van der Waals surface area contributed by atoms with Crippen molar-refractivity contribution in [2.24, 2.45) is 0 Å². The zero-order valence-electron chi connectivity index (χ0n) is 13.4. The van der Waals surface area contributed by atoms with Crippen LogP contribution in [0.25, 0.3) is 0 Å². The van der Waals surface area contributed by atoms with Gasteiger partial charge in [-0.15, -0.1) is 0 Å². The van der Waals surface area contributed by atoms with E-state index >= 15 is 0 Å². The molecule has 2 aliphatic heterocycles. The van der Waals surface area contributed by atoms with E-state index in [-0.39, 0.29) is 17.5 Å². The van der Waals surface area contributed by atoms with E-state index in [1.54, 1.807) is 24.3 Å². The molecule has 5 rings (SSSR count). The van der Waals surface area contributed by atoms with E-state index in [1.807, 2.05) is 18.2 Å². The van der Waals surface area contributed by atoms with E-state index < -0.39 is 5.60 Å². The molecule has 0 fully saturated rings. The van der Waals surface area contributed by atoms with Crippen molar-refractivity contribution in [1.82, 2.24) is 0 Å². The van der Waals surface area contributed by atoms with Gasteiger partial charge < -0.3 is 0 Å². The van der Waals surface area contributed by atoms with Gasteiger partial charge in [0.05, 0.1) is 0 Å². The summed E-state index contributed by atoms with van der Waals surface area (Å²) >= 11 is 1.35. The SMILES string of the molecule is O=C1OC2(c3ccc(O)cc3Oc3cc(O)ccc32)c2cccc([AsH2])c21. The Morgan fingerprint density at radius 1 is 0.846 bits per heavy atom.